The summed E-state index contributed by atoms with van der Waals surface area (Å²) in [6.45, 7) is 5.45. The lowest BCUT2D eigenvalue weighted by Crippen LogP contribution is -2.53. The topological polar surface area (TPSA) is 98.8 Å². The van der Waals surface area contributed by atoms with Crippen LogP contribution in [0.4, 0.5) is 4.39 Å². The zero-order chi connectivity index (χ0) is 21.5. The van der Waals surface area contributed by atoms with E-state index in [2.05, 4.69) is 45.6 Å². The van der Waals surface area contributed by atoms with Crippen LogP contribution in [0.1, 0.15) is 58.8 Å². The molecule has 3 rings (SSSR count). The van der Waals surface area contributed by atoms with Crippen molar-refractivity contribution in [3.05, 3.63) is 0 Å². The number of hydrogen-bond acceptors (Lipinski definition) is 6. The minimum absolute atomic E-state index is 0.0177. The molecule has 0 bridgehead atoms. The van der Waals surface area contributed by atoms with Crippen LogP contribution in [0, 0.1) is 17.8 Å². The fourth-order valence-electron chi connectivity index (χ4n) is 4.50. The Balaban J connectivity index is 1.51. The highest BCUT2D eigenvalue weighted by atomic mass is 19.1. The first-order chi connectivity index (χ1) is 14.4. The van der Waals surface area contributed by atoms with Gasteiger partial charge in [-0.2, -0.15) is 0 Å². The number of halogens is 1. The van der Waals surface area contributed by atoms with E-state index in [1.807, 2.05) is 0 Å². The number of methoxy groups -OCH3 is 1. The second-order valence-electron chi connectivity index (χ2n) is 9.32. The molecule has 9 heteroatoms. The van der Waals surface area contributed by atoms with Crippen molar-refractivity contribution < 1.29 is 13.9 Å². The fourth-order valence-corrected chi connectivity index (χ4v) is 4.50. The number of nitrogens with zero attached hydrogens (tertiary/aromatic N) is 1. The molecule has 0 aromatic carbocycles. The number of ether oxygens (including phenoxy) is 1. The van der Waals surface area contributed by atoms with E-state index in [0.717, 1.165) is 32.1 Å². The van der Waals surface area contributed by atoms with Gasteiger partial charge >= 0.3 is 0 Å². The van der Waals surface area contributed by atoms with E-state index in [0.29, 0.717) is 49.8 Å². The second-order valence-corrected chi connectivity index (χ2v) is 9.32. The van der Waals surface area contributed by atoms with Gasteiger partial charge < -0.3 is 10.1 Å². The van der Waals surface area contributed by atoms with Gasteiger partial charge in [-0.15, -0.1) is 0 Å². The number of rotatable bonds is 6. The van der Waals surface area contributed by atoms with Crippen LogP contribution in [-0.2, 0) is 9.53 Å². The third-order valence-electron chi connectivity index (χ3n) is 6.39. The van der Waals surface area contributed by atoms with Crippen LogP contribution in [0.5, 0.6) is 0 Å². The lowest BCUT2D eigenvalue weighted by molar-refractivity contribution is -0.125. The number of hydrazine groups is 1. The first-order valence-corrected chi connectivity index (χ1v) is 11.5. The van der Waals surface area contributed by atoms with Gasteiger partial charge in [0, 0.05) is 26.2 Å². The van der Waals surface area contributed by atoms with Gasteiger partial charge in [-0.25, -0.2) is 9.82 Å². The van der Waals surface area contributed by atoms with Gasteiger partial charge in [-0.05, 0) is 56.8 Å². The van der Waals surface area contributed by atoms with Crippen LogP contribution in [0.15, 0.2) is 4.99 Å². The summed E-state index contributed by atoms with van der Waals surface area (Å²) in [4.78, 5) is 17.4. The molecule has 0 radical (unpaired) electrons. The Morgan fingerprint density at radius 3 is 2.57 bits per heavy atom. The van der Waals surface area contributed by atoms with Gasteiger partial charge in [0.15, 0.2) is 5.96 Å². The quantitative estimate of drug-likeness (QED) is 0.325. The van der Waals surface area contributed by atoms with Crippen molar-refractivity contribution >= 4 is 11.9 Å². The van der Waals surface area contributed by atoms with Crippen LogP contribution in [0.2, 0.25) is 0 Å². The summed E-state index contributed by atoms with van der Waals surface area (Å²) >= 11 is 0. The third kappa shape index (κ3) is 6.87. The number of amides is 1. The van der Waals surface area contributed by atoms with E-state index in [-0.39, 0.29) is 24.2 Å². The number of guanidine groups is 1. The molecule has 2 aliphatic heterocycles. The van der Waals surface area contributed by atoms with Gasteiger partial charge in [0.1, 0.15) is 12.4 Å². The van der Waals surface area contributed by atoms with Crippen molar-refractivity contribution in [2.75, 3.05) is 20.2 Å². The van der Waals surface area contributed by atoms with Crippen molar-refractivity contribution in [3.8, 4) is 0 Å². The maximum absolute atomic E-state index is 13.4. The van der Waals surface area contributed by atoms with Crippen LogP contribution in [0.25, 0.3) is 0 Å². The van der Waals surface area contributed by atoms with E-state index in [1.165, 1.54) is 0 Å². The number of aliphatic imine (C=N–C) groups is 1. The van der Waals surface area contributed by atoms with E-state index < -0.39 is 6.17 Å². The molecule has 2 heterocycles. The Morgan fingerprint density at radius 1 is 1.17 bits per heavy atom. The normalized spacial score (nSPS) is 35.4. The molecule has 1 saturated carbocycles. The summed E-state index contributed by atoms with van der Waals surface area (Å²) in [6.07, 6.45) is 5.03. The molecular formula is C21H39FN6O2. The van der Waals surface area contributed by atoms with E-state index in [1.54, 1.807) is 7.11 Å². The number of carbonyl (C=O) groups excluding carboxylic acids is 1. The number of alkyl halides is 1. The van der Waals surface area contributed by atoms with Gasteiger partial charge in [0.05, 0.1) is 12.1 Å². The molecule has 8 nitrogen and oxygen atoms in total. The Kier molecular flexibility index (Phi) is 8.85. The van der Waals surface area contributed by atoms with Crippen molar-refractivity contribution in [3.63, 3.8) is 0 Å². The summed E-state index contributed by atoms with van der Waals surface area (Å²) < 4.78 is 18.7. The smallest absolute Gasteiger partial charge is 0.231 e. The molecule has 3 fully saturated rings. The highest BCUT2D eigenvalue weighted by Gasteiger charge is 2.34. The number of nitrogens with one attached hydrogen (secondary N) is 5. The summed E-state index contributed by atoms with van der Waals surface area (Å²) in [5, 5.41) is 9.62. The average Bonchev–Trinajstić information content (AvgIpc) is 3.21. The van der Waals surface area contributed by atoms with Crippen molar-refractivity contribution in [1.29, 1.82) is 0 Å². The molecule has 3 aliphatic rings. The second kappa shape index (κ2) is 11.4. The lowest BCUT2D eigenvalue weighted by Gasteiger charge is -2.29. The van der Waals surface area contributed by atoms with Crippen LogP contribution in [0.3, 0.4) is 0 Å². The van der Waals surface area contributed by atoms with Crippen LogP contribution >= 0.6 is 0 Å². The Bertz CT molecular complexity index is 574. The Morgan fingerprint density at radius 2 is 1.93 bits per heavy atom. The summed E-state index contributed by atoms with van der Waals surface area (Å²) in [6, 6.07) is 0.311. The van der Waals surface area contributed by atoms with Crippen molar-refractivity contribution in [1.82, 2.24) is 26.8 Å². The van der Waals surface area contributed by atoms with Gasteiger partial charge in [0.25, 0.3) is 0 Å². The first kappa shape index (κ1) is 23.4. The lowest BCUT2D eigenvalue weighted by atomic mass is 9.82. The van der Waals surface area contributed by atoms with E-state index in [4.69, 9.17) is 4.74 Å². The molecule has 2 saturated heterocycles. The third-order valence-corrected chi connectivity index (χ3v) is 6.39. The SMILES string of the molecule is COC1CCC(C(=O)NC(=NCC(C)C)NC2CC(C3CCC(F)CC3)NN2)CN1. The Hall–Kier alpha value is -1.29. The Labute approximate surface area is 179 Å². The van der Waals surface area contributed by atoms with Gasteiger partial charge in [-0.1, -0.05) is 13.8 Å². The minimum Gasteiger partial charge on any atom is -0.367 e. The average molecular weight is 427 g/mol. The predicted octanol–water partition coefficient (Wildman–Crippen LogP) is 1.40. The molecule has 0 aromatic heterocycles. The van der Waals surface area contributed by atoms with Gasteiger partial charge in [0.2, 0.25) is 5.91 Å². The molecule has 5 N–H and O–H groups in total. The summed E-state index contributed by atoms with van der Waals surface area (Å²) in [7, 11) is 1.68. The van der Waals surface area contributed by atoms with Crippen molar-refractivity contribution in [2.45, 2.75) is 83.4 Å². The molecule has 4 atom stereocenters. The molecule has 1 amide bonds. The molecule has 4 unspecified atom stereocenters. The highest BCUT2D eigenvalue weighted by Crippen LogP contribution is 2.31. The first-order valence-electron chi connectivity index (χ1n) is 11.5. The van der Waals surface area contributed by atoms with E-state index in [9.17, 15) is 9.18 Å². The predicted molar refractivity (Wildman–Crippen MR) is 115 cm³/mol. The molecule has 30 heavy (non-hydrogen) atoms. The zero-order valence-corrected chi connectivity index (χ0v) is 18.5. The summed E-state index contributed by atoms with van der Waals surface area (Å²) in [5.41, 5.74) is 6.65. The largest absolute Gasteiger partial charge is 0.367 e. The summed E-state index contributed by atoms with van der Waals surface area (Å²) in [5.74, 6) is 1.30. The molecule has 172 valence electrons. The maximum atomic E-state index is 13.4. The molecule has 1 aliphatic carbocycles. The monoisotopic (exact) mass is 426 g/mol. The maximum Gasteiger partial charge on any atom is 0.231 e. The van der Waals surface area contributed by atoms with E-state index >= 15 is 0 Å². The number of carbonyl (C=O) groups is 1. The molecular weight excluding hydrogens is 387 g/mol. The fraction of sp³-hybridized carbons (Fsp3) is 0.905. The highest BCUT2D eigenvalue weighted by molar-refractivity contribution is 5.98. The minimum atomic E-state index is -0.636. The standard InChI is InChI=1S/C21H39FN6O2/c1-13(2)11-24-21(26-20(29)15-6-9-19(30-3)23-12-15)25-18-10-17(27-28-18)14-4-7-16(22)8-5-14/h13-19,23,27-28H,4-12H2,1-3H3,(H2,24,25,26,29). The number of hydrogen-bond donors (Lipinski definition) is 5. The molecule has 0 aromatic rings. The zero-order valence-electron chi connectivity index (χ0n) is 18.5. The van der Waals surface area contributed by atoms with Crippen molar-refractivity contribution in [2.24, 2.45) is 22.7 Å². The van der Waals surface area contributed by atoms with Crippen LogP contribution in [-0.4, -0.2) is 56.7 Å². The molecule has 0 spiro atoms. The van der Waals surface area contributed by atoms with Gasteiger partial charge in [-0.3, -0.25) is 25.8 Å². The number of piperidine rings is 1. The van der Waals surface area contributed by atoms with Crippen LogP contribution < -0.4 is 26.8 Å².